The molecule has 4 nitrogen and oxygen atoms in total. The minimum atomic E-state index is -3.82. The van der Waals surface area contributed by atoms with E-state index in [2.05, 4.69) is 5.32 Å². The highest BCUT2D eigenvalue weighted by molar-refractivity contribution is 7.89. The molecule has 0 fully saturated rings. The fourth-order valence-corrected chi connectivity index (χ4v) is 2.26. The van der Waals surface area contributed by atoms with E-state index in [4.69, 9.17) is 5.14 Å². The number of primary sulfonamides is 1. The molecule has 0 saturated heterocycles. The van der Waals surface area contributed by atoms with Crippen molar-refractivity contribution in [3.05, 3.63) is 29.1 Å². The van der Waals surface area contributed by atoms with E-state index in [0.29, 0.717) is 18.5 Å². The average molecular weight is 230 g/mol. The Kier molecular flexibility index (Phi) is 2.49. The molecule has 2 rings (SSSR count). The Morgan fingerprint density at radius 2 is 2.13 bits per heavy atom. The van der Waals surface area contributed by atoms with E-state index in [1.165, 1.54) is 6.07 Å². The molecule has 0 radical (unpaired) electrons. The van der Waals surface area contributed by atoms with Gasteiger partial charge in [-0.1, -0.05) is 0 Å². The van der Waals surface area contributed by atoms with Gasteiger partial charge in [-0.2, -0.15) is 0 Å². The molecule has 1 heterocycles. The van der Waals surface area contributed by atoms with Crippen LogP contribution >= 0.6 is 0 Å². The summed E-state index contributed by atoms with van der Waals surface area (Å²) in [7, 11) is -3.82. The number of hydrogen-bond donors (Lipinski definition) is 2. The Balaban J connectivity index is 2.60. The number of benzene rings is 1. The van der Waals surface area contributed by atoms with Crippen molar-refractivity contribution in [1.29, 1.82) is 0 Å². The lowest BCUT2D eigenvalue weighted by Gasteiger charge is -2.18. The zero-order chi connectivity index (χ0) is 11.1. The molecule has 0 unspecified atom stereocenters. The molecule has 0 amide bonds. The number of halogens is 1. The number of nitrogens with two attached hydrogens (primary N) is 1. The summed E-state index contributed by atoms with van der Waals surface area (Å²) in [6, 6.07) is 2.43. The number of fused-ring (bicyclic) bond motifs is 1. The summed E-state index contributed by atoms with van der Waals surface area (Å²) in [5, 5.41) is 7.97. The Labute approximate surface area is 87.3 Å². The third-order valence-electron chi connectivity index (χ3n) is 2.46. The van der Waals surface area contributed by atoms with Gasteiger partial charge in [-0.25, -0.2) is 17.9 Å². The van der Waals surface area contributed by atoms with Crippen LogP contribution in [-0.2, 0) is 23.0 Å². The summed E-state index contributed by atoms with van der Waals surface area (Å²) in [6.45, 7) is 1.16. The fraction of sp³-hybridized carbons (Fsp3) is 0.333. The number of nitrogens with one attached hydrogen (secondary N) is 1. The van der Waals surface area contributed by atoms with Crippen LogP contribution in [0, 0.1) is 5.82 Å². The molecular formula is C9H11FN2O2S. The molecule has 0 saturated carbocycles. The summed E-state index contributed by atoms with van der Waals surface area (Å²) in [4.78, 5) is -0.152. The zero-order valence-electron chi connectivity index (χ0n) is 7.96. The maximum atomic E-state index is 13.5. The predicted octanol–water partition coefficient (Wildman–Crippen LogP) is 0.119. The zero-order valence-corrected chi connectivity index (χ0v) is 8.77. The summed E-state index contributed by atoms with van der Waals surface area (Å²) in [5.74, 6) is -0.510. The average Bonchev–Trinajstić information content (AvgIpc) is 2.16. The van der Waals surface area contributed by atoms with Gasteiger partial charge in [0.25, 0.3) is 0 Å². The van der Waals surface area contributed by atoms with Crippen molar-refractivity contribution in [3.63, 3.8) is 0 Å². The summed E-state index contributed by atoms with van der Waals surface area (Å²) in [6.07, 6.45) is 0.621. The molecule has 0 aromatic heterocycles. The molecule has 1 aromatic carbocycles. The second kappa shape index (κ2) is 3.55. The summed E-state index contributed by atoms with van der Waals surface area (Å²) >= 11 is 0. The van der Waals surface area contributed by atoms with Crippen LogP contribution in [-0.4, -0.2) is 15.0 Å². The van der Waals surface area contributed by atoms with Crippen LogP contribution in [0.25, 0.3) is 0 Å². The van der Waals surface area contributed by atoms with E-state index < -0.39 is 15.8 Å². The van der Waals surface area contributed by atoms with Crippen molar-refractivity contribution >= 4 is 10.0 Å². The van der Waals surface area contributed by atoms with E-state index in [0.717, 1.165) is 18.2 Å². The molecule has 6 heteroatoms. The van der Waals surface area contributed by atoms with Gasteiger partial charge < -0.3 is 5.32 Å². The Hall–Kier alpha value is -0.980. The van der Waals surface area contributed by atoms with Crippen molar-refractivity contribution in [2.75, 3.05) is 6.54 Å². The van der Waals surface area contributed by atoms with Gasteiger partial charge >= 0.3 is 0 Å². The van der Waals surface area contributed by atoms with Crippen molar-refractivity contribution in [3.8, 4) is 0 Å². The Morgan fingerprint density at radius 1 is 1.40 bits per heavy atom. The van der Waals surface area contributed by atoms with E-state index in [9.17, 15) is 12.8 Å². The molecular weight excluding hydrogens is 219 g/mol. The van der Waals surface area contributed by atoms with Crippen LogP contribution in [0.15, 0.2) is 17.0 Å². The van der Waals surface area contributed by atoms with Crippen LogP contribution in [0.3, 0.4) is 0 Å². The highest BCUT2D eigenvalue weighted by atomic mass is 32.2. The summed E-state index contributed by atoms with van der Waals surface area (Å²) < 4.78 is 35.6. The molecule has 1 aliphatic rings. The second-order valence-corrected chi connectivity index (χ2v) is 5.08. The molecule has 3 N–H and O–H groups in total. The minimum absolute atomic E-state index is 0.152. The van der Waals surface area contributed by atoms with Gasteiger partial charge in [-0.05, 0) is 30.7 Å². The molecule has 82 valence electrons. The lowest BCUT2D eigenvalue weighted by molar-refractivity contribution is 0.555. The Morgan fingerprint density at radius 3 is 2.80 bits per heavy atom. The molecule has 0 atom stereocenters. The fourth-order valence-electron chi connectivity index (χ4n) is 1.69. The van der Waals surface area contributed by atoms with Gasteiger partial charge in [0.15, 0.2) is 0 Å². The van der Waals surface area contributed by atoms with Crippen LogP contribution < -0.4 is 10.5 Å². The smallest absolute Gasteiger partial charge is 0.238 e. The quantitative estimate of drug-likeness (QED) is 0.719. The second-order valence-electron chi connectivity index (χ2n) is 3.51. The lowest BCUT2D eigenvalue weighted by atomic mass is 10.0. The van der Waals surface area contributed by atoms with Gasteiger partial charge in [-0.3, -0.25) is 0 Å². The maximum Gasteiger partial charge on any atom is 0.238 e. The van der Waals surface area contributed by atoms with Crippen LogP contribution in [0.1, 0.15) is 11.1 Å². The Bertz CT molecular complexity index is 499. The monoisotopic (exact) mass is 230 g/mol. The van der Waals surface area contributed by atoms with E-state index in [1.807, 2.05) is 0 Å². The SMILES string of the molecule is NS(=O)(=O)c1cc(F)c2c(c1)CCNC2. The van der Waals surface area contributed by atoms with E-state index in [1.54, 1.807) is 0 Å². The van der Waals surface area contributed by atoms with Gasteiger partial charge in [0.05, 0.1) is 4.90 Å². The topological polar surface area (TPSA) is 72.2 Å². The minimum Gasteiger partial charge on any atom is -0.312 e. The number of rotatable bonds is 1. The third kappa shape index (κ3) is 2.01. The normalized spacial score (nSPS) is 16.1. The highest BCUT2D eigenvalue weighted by Crippen LogP contribution is 2.21. The third-order valence-corrected chi connectivity index (χ3v) is 3.36. The maximum absolute atomic E-state index is 13.5. The van der Waals surface area contributed by atoms with Crippen molar-refractivity contribution in [1.82, 2.24) is 5.32 Å². The summed E-state index contributed by atoms with van der Waals surface area (Å²) in [5.41, 5.74) is 1.26. The molecule has 0 bridgehead atoms. The molecule has 15 heavy (non-hydrogen) atoms. The predicted molar refractivity (Wildman–Crippen MR) is 53.2 cm³/mol. The van der Waals surface area contributed by atoms with Crippen molar-refractivity contribution < 1.29 is 12.8 Å². The number of hydrogen-bond acceptors (Lipinski definition) is 3. The highest BCUT2D eigenvalue weighted by Gasteiger charge is 2.18. The van der Waals surface area contributed by atoms with Crippen LogP contribution in [0.2, 0.25) is 0 Å². The van der Waals surface area contributed by atoms with E-state index in [-0.39, 0.29) is 4.90 Å². The first-order valence-corrected chi connectivity index (χ1v) is 6.08. The first-order valence-electron chi connectivity index (χ1n) is 4.53. The first kappa shape index (κ1) is 10.5. The van der Waals surface area contributed by atoms with Gasteiger partial charge in [0.1, 0.15) is 5.82 Å². The first-order chi connectivity index (χ1) is 6.98. The van der Waals surface area contributed by atoms with E-state index >= 15 is 0 Å². The van der Waals surface area contributed by atoms with Gasteiger partial charge in [0.2, 0.25) is 10.0 Å². The molecule has 1 aliphatic heterocycles. The standard InChI is InChI=1S/C9H11FN2O2S/c10-9-4-7(15(11,13)14)3-6-1-2-12-5-8(6)9/h3-4,12H,1-2,5H2,(H2,11,13,14). The molecule has 0 aliphatic carbocycles. The number of sulfonamides is 1. The van der Waals surface area contributed by atoms with Crippen LogP contribution in [0.5, 0.6) is 0 Å². The van der Waals surface area contributed by atoms with Crippen LogP contribution in [0.4, 0.5) is 4.39 Å². The van der Waals surface area contributed by atoms with Crippen molar-refractivity contribution in [2.45, 2.75) is 17.9 Å². The molecule has 1 aromatic rings. The van der Waals surface area contributed by atoms with Gasteiger partial charge in [0, 0.05) is 12.1 Å². The van der Waals surface area contributed by atoms with Crippen molar-refractivity contribution in [2.24, 2.45) is 5.14 Å². The lowest BCUT2D eigenvalue weighted by Crippen LogP contribution is -2.25. The van der Waals surface area contributed by atoms with Gasteiger partial charge in [-0.15, -0.1) is 0 Å². The molecule has 0 spiro atoms. The largest absolute Gasteiger partial charge is 0.312 e.